The highest BCUT2D eigenvalue weighted by molar-refractivity contribution is 6.30. The molecular weight excluding hydrogens is 304 g/mol. The fraction of sp³-hybridized carbons (Fsp3) is 0.125. The predicted molar refractivity (Wildman–Crippen MR) is 85.1 cm³/mol. The number of nitrogens with two attached hydrogens (primary N) is 1. The third kappa shape index (κ3) is 4.23. The molecule has 0 aromatic heterocycles. The van der Waals surface area contributed by atoms with E-state index in [0.29, 0.717) is 22.0 Å². The lowest BCUT2D eigenvalue weighted by Crippen LogP contribution is -2.30. The molecule has 0 spiro atoms. The Bertz CT molecular complexity index is 686. The Hall–Kier alpha value is -2.53. The summed E-state index contributed by atoms with van der Waals surface area (Å²) in [5.74, 6) is -0.349. The lowest BCUT2D eigenvalue weighted by Gasteiger charge is -2.15. The van der Waals surface area contributed by atoms with E-state index in [0.717, 1.165) is 0 Å². The third-order valence-electron chi connectivity index (χ3n) is 2.91. The summed E-state index contributed by atoms with van der Waals surface area (Å²) in [6, 6.07) is 13.1. The zero-order chi connectivity index (χ0) is 16.1. The SMILES string of the molecule is C[C@@H](Oc1ccc(C(N)=O)cc1)C(=O)Nc1cccc(Cl)c1. The minimum Gasteiger partial charge on any atom is -0.481 e. The minimum absolute atomic E-state index is 0.304. The maximum Gasteiger partial charge on any atom is 0.265 e. The fourth-order valence-corrected chi connectivity index (χ4v) is 1.96. The zero-order valence-corrected chi connectivity index (χ0v) is 12.6. The van der Waals surface area contributed by atoms with E-state index >= 15 is 0 Å². The van der Waals surface area contributed by atoms with Gasteiger partial charge in [-0.2, -0.15) is 0 Å². The number of rotatable bonds is 5. The van der Waals surface area contributed by atoms with Crippen LogP contribution < -0.4 is 15.8 Å². The minimum atomic E-state index is -0.710. The van der Waals surface area contributed by atoms with Crippen LogP contribution in [0.5, 0.6) is 5.75 Å². The Kier molecular flexibility index (Phi) is 5.01. The number of amides is 2. The molecule has 22 heavy (non-hydrogen) atoms. The molecular formula is C16H15ClN2O3. The van der Waals surface area contributed by atoms with E-state index in [2.05, 4.69) is 5.32 Å². The van der Waals surface area contributed by atoms with Gasteiger partial charge in [0.1, 0.15) is 5.75 Å². The number of benzene rings is 2. The molecule has 2 aromatic carbocycles. The molecule has 2 aromatic rings. The van der Waals surface area contributed by atoms with Gasteiger partial charge >= 0.3 is 0 Å². The first-order valence-corrected chi connectivity index (χ1v) is 6.96. The highest BCUT2D eigenvalue weighted by atomic mass is 35.5. The summed E-state index contributed by atoms with van der Waals surface area (Å²) >= 11 is 5.86. The predicted octanol–water partition coefficient (Wildman–Crippen LogP) is 2.84. The van der Waals surface area contributed by atoms with Crippen LogP contribution >= 0.6 is 11.6 Å². The normalized spacial score (nSPS) is 11.5. The van der Waals surface area contributed by atoms with Crippen LogP contribution in [0, 0.1) is 0 Å². The largest absolute Gasteiger partial charge is 0.481 e. The van der Waals surface area contributed by atoms with Crippen LogP contribution in [-0.2, 0) is 4.79 Å². The zero-order valence-electron chi connectivity index (χ0n) is 11.9. The van der Waals surface area contributed by atoms with Crippen molar-refractivity contribution in [3.8, 4) is 5.75 Å². The van der Waals surface area contributed by atoms with Crippen molar-refractivity contribution in [2.45, 2.75) is 13.0 Å². The number of nitrogens with one attached hydrogen (secondary N) is 1. The van der Waals surface area contributed by atoms with Crippen LogP contribution in [0.3, 0.4) is 0 Å². The summed E-state index contributed by atoms with van der Waals surface area (Å²) in [5, 5.41) is 3.25. The molecule has 0 saturated carbocycles. The topological polar surface area (TPSA) is 81.4 Å². The molecule has 2 amide bonds. The fourth-order valence-electron chi connectivity index (χ4n) is 1.77. The van der Waals surface area contributed by atoms with Gasteiger partial charge in [0.25, 0.3) is 5.91 Å². The first-order valence-electron chi connectivity index (χ1n) is 6.58. The van der Waals surface area contributed by atoms with Gasteiger partial charge in [0, 0.05) is 16.3 Å². The molecule has 0 unspecified atom stereocenters. The van der Waals surface area contributed by atoms with Crippen molar-refractivity contribution in [1.82, 2.24) is 0 Å². The van der Waals surface area contributed by atoms with Crippen LogP contribution in [0.1, 0.15) is 17.3 Å². The van der Waals surface area contributed by atoms with E-state index in [9.17, 15) is 9.59 Å². The van der Waals surface area contributed by atoms with Crippen LogP contribution in [0.15, 0.2) is 48.5 Å². The average Bonchev–Trinajstić information content (AvgIpc) is 2.47. The molecule has 5 nitrogen and oxygen atoms in total. The van der Waals surface area contributed by atoms with Gasteiger partial charge in [0.05, 0.1) is 0 Å². The van der Waals surface area contributed by atoms with E-state index in [1.165, 1.54) is 0 Å². The number of hydrogen-bond acceptors (Lipinski definition) is 3. The van der Waals surface area contributed by atoms with Gasteiger partial charge in [-0.25, -0.2) is 0 Å². The van der Waals surface area contributed by atoms with Gasteiger partial charge in [-0.1, -0.05) is 17.7 Å². The molecule has 1 atom stereocenters. The Morgan fingerprint density at radius 3 is 2.45 bits per heavy atom. The van der Waals surface area contributed by atoms with Crippen LogP contribution in [0.2, 0.25) is 5.02 Å². The summed E-state index contributed by atoms with van der Waals surface area (Å²) in [5.41, 5.74) is 6.13. The van der Waals surface area contributed by atoms with Gasteiger partial charge in [0.15, 0.2) is 6.10 Å². The number of carbonyl (C=O) groups is 2. The van der Waals surface area contributed by atoms with Crippen molar-refractivity contribution in [3.05, 3.63) is 59.1 Å². The lowest BCUT2D eigenvalue weighted by atomic mass is 10.2. The summed E-state index contributed by atoms with van der Waals surface area (Å²) in [6.45, 7) is 1.63. The van der Waals surface area contributed by atoms with Gasteiger partial charge in [0.2, 0.25) is 5.91 Å². The monoisotopic (exact) mass is 318 g/mol. The van der Waals surface area contributed by atoms with Crippen LogP contribution in [-0.4, -0.2) is 17.9 Å². The second-order valence-electron chi connectivity index (χ2n) is 4.65. The molecule has 0 saturated heterocycles. The molecule has 0 heterocycles. The number of halogens is 1. The molecule has 0 aliphatic rings. The molecule has 3 N–H and O–H groups in total. The second kappa shape index (κ2) is 6.95. The van der Waals surface area contributed by atoms with E-state index in [4.69, 9.17) is 22.1 Å². The standard InChI is InChI=1S/C16H15ClN2O3/c1-10(16(21)19-13-4-2-3-12(17)9-13)22-14-7-5-11(6-8-14)15(18)20/h2-10H,1H3,(H2,18,20)(H,19,21)/t10-/m1/s1. The number of anilines is 1. The molecule has 6 heteroatoms. The molecule has 114 valence electrons. The quantitative estimate of drug-likeness (QED) is 0.889. The molecule has 0 bridgehead atoms. The third-order valence-corrected chi connectivity index (χ3v) is 3.15. The van der Waals surface area contributed by atoms with Crippen LogP contribution in [0.4, 0.5) is 5.69 Å². The van der Waals surface area contributed by atoms with E-state index in [-0.39, 0.29) is 5.91 Å². The molecule has 0 aliphatic carbocycles. The highest BCUT2D eigenvalue weighted by Crippen LogP contribution is 2.17. The maximum atomic E-state index is 12.0. The number of carbonyl (C=O) groups excluding carboxylic acids is 2. The van der Waals surface area contributed by atoms with Crippen molar-refractivity contribution in [3.63, 3.8) is 0 Å². The molecule has 0 radical (unpaired) electrons. The van der Waals surface area contributed by atoms with Gasteiger partial charge < -0.3 is 15.8 Å². The smallest absolute Gasteiger partial charge is 0.265 e. The van der Waals surface area contributed by atoms with Crippen molar-refractivity contribution in [2.24, 2.45) is 5.73 Å². The van der Waals surface area contributed by atoms with Crippen molar-refractivity contribution in [1.29, 1.82) is 0 Å². The van der Waals surface area contributed by atoms with Gasteiger partial charge in [-0.05, 0) is 49.4 Å². The van der Waals surface area contributed by atoms with Crippen molar-refractivity contribution in [2.75, 3.05) is 5.32 Å². The molecule has 0 aliphatic heterocycles. The number of ether oxygens (including phenoxy) is 1. The lowest BCUT2D eigenvalue weighted by molar-refractivity contribution is -0.122. The second-order valence-corrected chi connectivity index (χ2v) is 5.08. The van der Waals surface area contributed by atoms with Gasteiger partial charge in [-0.3, -0.25) is 9.59 Å². The first kappa shape index (κ1) is 15.9. The molecule has 0 fully saturated rings. The summed E-state index contributed by atoms with van der Waals surface area (Å²) in [4.78, 5) is 23.0. The van der Waals surface area contributed by atoms with Crippen LogP contribution in [0.25, 0.3) is 0 Å². The van der Waals surface area contributed by atoms with Gasteiger partial charge in [-0.15, -0.1) is 0 Å². The Morgan fingerprint density at radius 1 is 1.18 bits per heavy atom. The van der Waals surface area contributed by atoms with Crippen molar-refractivity contribution >= 4 is 29.1 Å². The summed E-state index contributed by atoms with van der Waals surface area (Å²) in [6.07, 6.45) is -0.710. The van der Waals surface area contributed by atoms with E-state index in [1.807, 2.05) is 0 Å². The number of primary amides is 1. The summed E-state index contributed by atoms with van der Waals surface area (Å²) in [7, 11) is 0. The Morgan fingerprint density at radius 2 is 1.86 bits per heavy atom. The van der Waals surface area contributed by atoms with E-state index in [1.54, 1.807) is 55.5 Å². The first-order chi connectivity index (χ1) is 10.5. The number of hydrogen-bond donors (Lipinski definition) is 2. The highest BCUT2D eigenvalue weighted by Gasteiger charge is 2.15. The summed E-state index contributed by atoms with van der Waals surface area (Å²) < 4.78 is 5.52. The Balaban J connectivity index is 1.97. The average molecular weight is 319 g/mol. The molecule has 2 rings (SSSR count). The van der Waals surface area contributed by atoms with E-state index < -0.39 is 12.0 Å². The van der Waals surface area contributed by atoms with Crippen molar-refractivity contribution < 1.29 is 14.3 Å². The maximum absolute atomic E-state index is 12.0. The Labute approximate surface area is 133 Å².